The van der Waals surface area contributed by atoms with Crippen LogP contribution in [0, 0.1) is 11.6 Å². The van der Waals surface area contributed by atoms with E-state index in [0.717, 1.165) is 12.1 Å². The van der Waals surface area contributed by atoms with Crippen LogP contribution in [0.3, 0.4) is 0 Å². The van der Waals surface area contributed by atoms with Crippen LogP contribution in [0.1, 0.15) is 36.7 Å². The molecule has 1 amide bonds. The predicted octanol–water partition coefficient (Wildman–Crippen LogP) is 4.84. The number of hydrogen-bond acceptors (Lipinski definition) is 4. The maximum absolute atomic E-state index is 14.4. The molecule has 0 saturated carbocycles. The fourth-order valence-corrected chi connectivity index (χ4v) is 3.24. The van der Waals surface area contributed by atoms with Crippen molar-refractivity contribution in [1.82, 2.24) is 15.1 Å². The zero-order valence-electron chi connectivity index (χ0n) is 16.4. The van der Waals surface area contributed by atoms with Gasteiger partial charge in [0.15, 0.2) is 5.82 Å². The van der Waals surface area contributed by atoms with Gasteiger partial charge in [0.25, 0.3) is 5.91 Å². The van der Waals surface area contributed by atoms with Gasteiger partial charge in [-0.05, 0) is 51.1 Å². The first-order valence-electron chi connectivity index (χ1n) is 9.14. The molecule has 0 unspecified atom stereocenters. The highest BCUT2D eigenvalue weighted by molar-refractivity contribution is 6.33. The summed E-state index contributed by atoms with van der Waals surface area (Å²) in [5.41, 5.74) is 0.587. The summed E-state index contributed by atoms with van der Waals surface area (Å²) in [5.74, 6) is -1.68. The second-order valence-corrected chi connectivity index (χ2v) is 8.25. The average Bonchev–Trinajstić information content (AvgIpc) is 2.92. The number of aliphatic imine (C=N–C) groups is 1. The fraction of sp³-hybridized carbons (Fsp3) is 0.190. The summed E-state index contributed by atoms with van der Waals surface area (Å²) in [6.45, 7) is 5.64. The van der Waals surface area contributed by atoms with Crippen molar-refractivity contribution in [1.29, 1.82) is 0 Å². The fourth-order valence-electron chi connectivity index (χ4n) is 3.07. The molecule has 30 heavy (non-hydrogen) atoms. The summed E-state index contributed by atoms with van der Waals surface area (Å²) in [6.07, 6.45) is 1.38. The number of hydrogen-bond donors (Lipinski definition) is 2. The maximum atomic E-state index is 14.4. The van der Waals surface area contributed by atoms with E-state index in [2.05, 4.69) is 20.7 Å². The molecule has 9 heteroatoms. The number of nitrogens with one attached hydrogen (secondary N) is 2. The van der Waals surface area contributed by atoms with Crippen molar-refractivity contribution in [2.75, 3.05) is 5.32 Å². The Bertz CT molecular complexity index is 1180. The molecule has 6 nitrogen and oxygen atoms in total. The van der Waals surface area contributed by atoms with Crippen LogP contribution in [0.5, 0.6) is 0 Å². The quantitative estimate of drug-likeness (QED) is 0.612. The van der Waals surface area contributed by atoms with Crippen molar-refractivity contribution in [3.05, 3.63) is 70.4 Å². The van der Waals surface area contributed by atoms with Crippen LogP contribution in [-0.2, 0) is 0 Å². The van der Waals surface area contributed by atoms with Gasteiger partial charge in [-0.25, -0.2) is 18.5 Å². The summed E-state index contributed by atoms with van der Waals surface area (Å²) >= 11 is 6.23. The Morgan fingerprint density at radius 1 is 1.17 bits per heavy atom. The second kappa shape index (κ2) is 7.21. The van der Waals surface area contributed by atoms with Crippen molar-refractivity contribution >= 4 is 34.8 Å². The van der Waals surface area contributed by atoms with E-state index in [0.29, 0.717) is 16.9 Å². The van der Waals surface area contributed by atoms with Gasteiger partial charge < -0.3 is 10.6 Å². The number of benzene rings is 2. The monoisotopic (exact) mass is 429 g/mol. The van der Waals surface area contributed by atoms with Crippen LogP contribution >= 0.6 is 11.6 Å². The van der Waals surface area contributed by atoms with E-state index in [9.17, 15) is 13.6 Å². The molecule has 0 fully saturated rings. The van der Waals surface area contributed by atoms with Crippen LogP contribution < -0.4 is 10.6 Å². The minimum atomic E-state index is -0.770. The van der Waals surface area contributed by atoms with E-state index < -0.39 is 17.2 Å². The molecule has 0 atom stereocenters. The van der Waals surface area contributed by atoms with Gasteiger partial charge in [-0.2, -0.15) is 5.10 Å². The minimum absolute atomic E-state index is 0.0557. The highest BCUT2D eigenvalue weighted by Gasteiger charge is 2.25. The first-order chi connectivity index (χ1) is 14.1. The molecular formula is C21H18ClF2N5O. The molecule has 0 bridgehead atoms. The molecular weight excluding hydrogens is 412 g/mol. The van der Waals surface area contributed by atoms with Gasteiger partial charge >= 0.3 is 0 Å². The van der Waals surface area contributed by atoms with E-state index in [1.807, 2.05) is 20.8 Å². The summed E-state index contributed by atoms with van der Waals surface area (Å²) in [5, 5.41) is 10.3. The van der Waals surface area contributed by atoms with Gasteiger partial charge in [-0.1, -0.05) is 17.7 Å². The predicted molar refractivity (Wildman–Crippen MR) is 112 cm³/mol. The van der Waals surface area contributed by atoms with Crippen LogP contribution in [0.4, 0.5) is 20.3 Å². The highest BCUT2D eigenvalue weighted by atomic mass is 35.5. The lowest BCUT2D eigenvalue weighted by molar-refractivity contribution is 0.0919. The van der Waals surface area contributed by atoms with E-state index >= 15 is 0 Å². The number of aromatic nitrogens is 2. The van der Waals surface area contributed by atoms with Crippen molar-refractivity contribution in [3.63, 3.8) is 0 Å². The third-order valence-electron chi connectivity index (χ3n) is 4.35. The summed E-state index contributed by atoms with van der Waals surface area (Å²) in [7, 11) is 0. The Kier molecular flexibility index (Phi) is 4.82. The van der Waals surface area contributed by atoms with Crippen LogP contribution in [0.25, 0.3) is 5.69 Å². The lowest BCUT2D eigenvalue weighted by atomic mass is 10.1. The lowest BCUT2D eigenvalue weighted by Crippen LogP contribution is -2.40. The van der Waals surface area contributed by atoms with Crippen molar-refractivity contribution in [2.24, 2.45) is 4.99 Å². The molecule has 154 valence electrons. The van der Waals surface area contributed by atoms with Crippen molar-refractivity contribution < 1.29 is 13.6 Å². The molecule has 1 aromatic heterocycles. The molecule has 4 rings (SSSR count). The average molecular weight is 430 g/mol. The summed E-state index contributed by atoms with van der Waals surface area (Å²) < 4.78 is 30.2. The van der Waals surface area contributed by atoms with Crippen LogP contribution in [0.2, 0.25) is 5.02 Å². The molecule has 2 N–H and O–H groups in total. The van der Waals surface area contributed by atoms with E-state index in [4.69, 9.17) is 11.6 Å². The number of nitrogens with zero attached hydrogens (tertiary/aromatic N) is 3. The summed E-state index contributed by atoms with van der Waals surface area (Å²) in [4.78, 5) is 16.9. The van der Waals surface area contributed by atoms with Gasteiger partial charge in [0.05, 0.1) is 23.1 Å². The Morgan fingerprint density at radius 3 is 2.53 bits per heavy atom. The SMILES string of the molecule is CC(C)(C)NC(=O)c1ccc2c(c1)-n1ncc(Cl)c1N=C(c1c(F)cccc1F)N2. The second-order valence-electron chi connectivity index (χ2n) is 7.85. The van der Waals surface area contributed by atoms with Gasteiger partial charge in [-0.3, -0.25) is 4.79 Å². The van der Waals surface area contributed by atoms with Gasteiger partial charge in [-0.15, -0.1) is 0 Å². The molecule has 0 saturated heterocycles. The number of fused-ring (bicyclic) bond motifs is 3. The Morgan fingerprint density at radius 2 is 1.87 bits per heavy atom. The normalized spacial score (nSPS) is 12.9. The minimum Gasteiger partial charge on any atom is -0.347 e. The molecule has 2 heterocycles. The highest BCUT2D eigenvalue weighted by Crippen LogP contribution is 2.35. The number of amides is 1. The largest absolute Gasteiger partial charge is 0.347 e. The molecule has 1 aliphatic heterocycles. The summed E-state index contributed by atoms with van der Waals surface area (Å²) in [6, 6.07) is 8.42. The zero-order chi connectivity index (χ0) is 21.6. The van der Waals surface area contributed by atoms with Crippen molar-refractivity contribution in [3.8, 4) is 5.69 Å². The first kappa shape index (κ1) is 20.0. The zero-order valence-corrected chi connectivity index (χ0v) is 17.2. The van der Waals surface area contributed by atoms with E-state index in [-0.39, 0.29) is 28.1 Å². The van der Waals surface area contributed by atoms with E-state index in [1.165, 1.54) is 16.9 Å². The van der Waals surface area contributed by atoms with Gasteiger partial charge in [0, 0.05) is 11.1 Å². The Hall–Kier alpha value is -3.26. The first-order valence-corrected chi connectivity index (χ1v) is 9.52. The molecule has 0 aliphatic carbocycles. The van der Waals surface area contributed by atoms with Crippen LogP contribution in [0.15, 0.2) is 47.6 Å². The van der Waals surface area contributed by atoms with E-state index in [1.54, 1.807) is 18.2 Å². The number of halogens is 3. The third-order valence-corrected chi connectivity index (χ3v) is 4.61. The standard InChI is InChI=1S/C21H18ClF2N5O/c1-21(2,3)28-20(30)11-7-8-15-16(9-11)29-19(12(22)10-25-29)27-18(26-15)17-13(23)5-4-6-14(17)24/h4-10H,1-3H3,(H,26,27)(H,28,30). The van der Waals surface area contributed by atoms with Gasteiger partial charge in [0.1, 0.15) is 22.5 Å². The number of anilines is 1. The third kappa shape index (κ3) is 3.66. The van der Waals surface area contributed by atoms with Crippen molar-refractivity contribution in [2.45, 2.75) is 26.3 Å². The molecule has 2 aromatic carbocycles. The molecule has 1 aliphatic rings. The number of carbonyl (C=O) groups excluding carboxylic acids is 1. The Labute approximate surface area is 176 Å². The van der Waals surface area contributed by atoms with Crippen LogP contribution in [-0.4, -0.2) is 27.1 Å². The topological polar surface area (TPSA) is 71.3 Å². The van der Waals surface area contributed by atoms with Gasteiger partial charge in [0.2, 0.25) is 0 Å². The molecule has 0 radical (unpaired) electrons. The number of amidine groups is 1. The maximum Gasteiger partial charge on any atom is 0.251 e. The Balaban J connectivity index is 1.86. The smallest absolute Gasteiger partial charge is 0.251 e. The number of rotatable bonds is 2. The molecule has 3 aromatic rings. The number of carbonyl (C=O) groups is 1. The molecule has 0 spiro atoms. The lowest BCUT2D eigenvalue weighted by Gasteiger charge is -2.21.